The fraction of sp³-hybridized carbons (Fsp3) is 0.148. The number of nitrogens with one attached hydrogen (secondary N) is 1. The average Bonchev–Trinajstić information content (AvgIpc) is 3.69. The molecule has 1 fully saturated rings. The first-order chi connectivity index (χ1) is 17.2. The molecule has 1 saturated carbocycles. The van der Waals surface area contributed by atoms with Crippen LogP contribution in [0.2, 0.25) is 0 Å². The molecule has 0 atom stereocenters. The summed E-state index contributed by atoms with van der Waals surface area (Å²) in [6.07, 6.45) is 7.23. The van der Waals surface area contributed by atoms with E-state index < -0.39 is 0 Å². The number of hydrogen-bond acceptors (Lipinski definition) is 6. The fourth-order valence-electron chi connectivity index (χ4n) is 4.06. The molecule has 0 saturated heterocycles. The van der Waals surface area contributed by atoms with Crippen LogP contribution in [-0.2, 0) is 0 Å². The lowest BCUT2D eigenvalue weighted by Gasteiger charge is -2.10. The molecule has 172 valence electrons. The Morgan fingerprint density at radius 3 is 2.49 bits per heavy atom. The largest absolute Gasteiger partial charge is 0.457 e. The van der Waals surface area contributed by atoms with Gasteiger partial charge in [-0.2, -0.15) is 9.78 Å². The summed E-state index contributed by atoms with van der Waals surface area (Å²) in [4.78, 5) is 26.8. The Balaban J connectivity index is 1.33. The van der Waals surface area contributed by atoms with Crippen molar-refractivity contribution in [1.29, 1.82) is 0 Å². The van der Waals surface area contributed by atoms with Crippen molar-refractivity contribution >= 4 is 22.6 Å². The van der Waals surface area contributed by atoms with E-state index in [1.807, 2.05) is 55.5 Å². The Kier molecular flexibility index (Phi) is 5.18. The fourth-order valence-corrected chi connectivity index (χ4v) is 4.06. The summed E-state index contributed by atoms with van der Waals surface area (Å²) in [6, 6.07) is 18.4. The number of anilines is 1. The number of pyridine rings is 3. The van der Waals surface area contributed by atoms with Gasteiger partial charge in [0.25, 0.3) is 5.91 Å². The zero-order chi connectivity index (χ0) is 23.8. The van der Waals surface area contributed by atoms with Crippen LogP contribution in [-0.4, -0.2) is 30.6 Å². The van der Waals surface area contributed by atoms with Crippen molar-refractivity contribution < 1.29 is 9.53 Å². The predicted molar refractivity (Wildman–Crippen MR) is 132 cm³/mol. The Morgan fingerprint density at radius 1 is 1.00 bits per heavy atom. The van der Waals surface area contributed by atoms with E-state index in [2.05, 4.69) is 20.4 Å². The molecular formula is C27H22N6O2. The zero-order valence-electron chi connectivity index (χ0n) is 19.0. The highest BCUT2D eigenvalue weighted by atomic mass is 16.5. The maximum Gasteiger partial charge on any atom is 0.256 e. The number of fused-ring (bicyclic) bond motifs is 1. The molecule has 8 nitrogen and oxygen atoms in total. The molecule has 0 spiro atoms. The summed E-state index contributed by atoms with van der Waals surface area (Å²) in [5.74, 6) is 2.21. The molecule has 1 N–H and O–H groups in total. The molecular weight excluding hydrogens is 440 g/mol. The van der Waals surface area contributed by atoms with Gasteiger partial charge in [-0.25, -0.2) is 9.97 Å². The topological polar surface area (TPSA) is 94.8 Å². The van der Waals surface area contributed by atoms with Crippen LogP contribution in [0.4, 0.5) is 5.69 Å². The summed E-state index contributed by atoms with van der Waals surface area (Å²) < 4.78 is 7.53. The van der Waals surface area contributed by atoms with Gasteiger partial charge >= 0.3 is 0 Å². The summed E-state index contributed by atoms with van der Waals surface area (Å²) in [5, 5.41) is 8.42. The molecule has 0 aliphatic heterocycles. The first-order valence-corrected chi connectivity index (χ1v) is 11.5. The quantitative estimate of drug-likeness (QED) is 0.361. The number of hydrogen-bond donors (Lipinski definition) is 1. The minimum absolute atomic E-state index is 0.203. The van der Waals surface area contributed by atoms with E-state index in [-0.39, 0.29) is 5.91 Å². The number of rotatable bonds is 6. The van der Waals surface area contributed by atoms with E-state index in [4.69, 9.17) is 9.72 Å². The highest BCUT2D eigenvalue weighted by Gasteiger charge is 2.29. The molecule has 1 amide bonds. The van der Waals surface area contributed by atoms with E-state index in [0.717, 1.165) is 29.6 Å². The lowest BCUT2D eigenvalue weighted by molar-refractivity contribution is 0.102. The number of nitrogens with zero attached hydrogens (tertiary/aromatic N) is 5. The Hall–Kier alpha value is -4.59. The van der Waals surface area contributed by atoms with E-state index in [0.29, 0.717) is 40.1 Å². The van der Waals surface area contributed by atoms with Gasteiger partial charge in [-0.05, 0) is 74.4 Å². The molecule has 35 heavy (non-hydrogen) atoms. The van der Waals surface area contributed by atoms with Crippen molar-refractivity contribution in [3.8, 4) is 17.3 Å². The monoisotopic (exact) mass is 462 g/mol. The van der Waals surface area contributed by atoms with Crippen molar-refractivity contribution in [3.05, 3.63) is 96.2 Å². The molecule has 4 aromatic heterocycles. The average molecular weight is 463 g/mol. The Morgan fingerprint density at radius 2 is 1.77 bits per heavy atom. The van der Waals surface area contributed by atoms with Crippen LogP contribution in [0.1, 0.15) is 40.5 Å². The molecule has 1 aliphatic rings. The molecule has 1 aromatic carbocycles. The van der Waals surface area contributed by atoms with Gasteiger partial charge in [-0.3, -0.25) is 9.78 Å². The number of aromatic nitrogens is 5. The Labute approximate surface area is 201 Å². The van der Waals surface area contributed by atoms with Crippen LogP contribution >= 0.6 is 0 Å². The van der Waals surface area contributed by atoms with E-state index in [9.17, 15) is 4.79 Å². The second-order valence-corrected chi connectivity index (χ2v) is 8.52. The molecule has 5 aromatic rings. The van der Waals surface area contributed by atoms with E-state index in [1.165, 1.54) is 0 Å². The number of benzene rings is 1. The molecule has 0 unspecified atom stereocenters. The van der Waals surface area contributed by atoms with Crippen LogP contribution in [0.15, 0.2) is 79.3 Å². The molecule has 8 heteroatoms. The van der Waals surface area contributed by atoms with Crippen molar-refractivity contribution in [3.63, 3.8) is 0 Å². The number of ether oxygens (including phenoxy) is 1. The van der Waals surface area contributed by atoms with E-state index in [1.54, 1.807) is 35.4 Å². The standard InChI is InChI=1S/C27H22N6O2/c1-17-25-22(27(34)30-19-7-9-20(10-8-19)35-21-11-14-28-15-12-21)16-23(18-5-6-18)31-26(25)33(32-17)24-4-2-3-13-29-24/h2-4,7-16,18H,5-6H2,1H3,(H,30,34). The van der Waals surface area contributed by atoms with Crippen LogP contribution in [0, 0.1) is 6.92 Å². The molecule has 0 radical (unpaired) electrons. The van der Waals surface area contributed by atoms with Crippen molar-refractivity contribution in [1.82, 2.24) is 24.7 Å². The smallest absolute Gasteiger partial charge is 0.256 e. The number of carbonyl (C=O) groups is 1. The van der Waals surface area contributed by atoms with E-state index >= 15 is 0 Å². The first kappa shape index (κ1) is 21.0. The van der Waals surface area contributed by atoms with Gasteiger partial charge in [0.2, 0.25) is 0 Å². The summed E-state index contributed by atoms with van der Waals surface area (Å²) >= 11 is 0. The highest BCUT2D eigenvalue weighted by molar-refractivity contribution is 6.12. The lowest BCUT2D eigenvalue weighted by Crippen LogP contribution is -2.13. The predicted octanol–water partition coefficient (Wildman–Crippen LogP) is 5.44. The second-order valence-electron chi connectivity index (χ2n) is 8.52. The van der Waals surface area contributed by atoms with Gasteiger partial charge < -0.3 is 10.1 Å². The van der Waals surface area contributed by atoms with Crippen LogP contribution in [0.25, 0.3) is 16.9 Å². The third-order valence-electron chi connectivity index (χ3n) is 5.94. The van der Waals surface area contributed by atoms with Crippen LogP contribution in [0.5, 0.6) is 11.5 Å². The summed E-state index contributed by atoms with van der Waals surface area (Å²) in [7, 11) is 0. The van der Waals surface area contributed by atoms with Gasteiger partial charge in [0.1, 0.15) is 11.5 Å². The van der Waals surface area contributed by atoms with Crippen LogP contribution in [0.3, 0.4) is 0 Å². The lowest BCUT2D eigenvalue weighted by atomic mass is 10.1. The van der Waals surface area contributed by atoms with Crippen molar-refractivity contribution in [2.45, 2.75) is 25.7 Å². The maximum absolute atomic E-state index is 13.5. The Bertz CT molecular complexity index is 1510. The van der Waals surface area contributed by atoms with Gasteiger partial charge in [-0.1, -0.05) is 6.07 Å². The normalized spacial score (nSPS) is 13.1. The summed E-state index contributed by atoms with van der Waals surface area (Å²) in [6.45, 7) is 1.89. The maximum atomic E-state index is 13.5. The number of aryl methyl sites for hydroxylation is 1. The molecule has 6 rings (SSSR count). The number of carbonyl (C=O) groups excluding carboxylic acids is 1. The molecule has 1 aliphatic carbocycles. The zero-order valence-corrected chi connectivity index (χ0v) is 19.0. The third kappa shape index (κ3) is 4.21. The number of amides is 1. The van der Waals surface area contributed by atoms with Crippen LogP contribution < -0.4 is 10.1 Å². The van der Waals surface area contributed by atoms with Crippen molar-refractivity contribution in [2.24, 2.45) is 0 Å². The minimum Gasteiger partial charge on any atom is -0.457 e. The van der Waals surface area contributed by atoms with Gasteiger partial charge in [0, 0.05) is 35.9 Å². The second kappa shape index (κ2) is 8.64. The summed E-state index contributed by atoms with van der Waals surface area (Å²) in [5.41, 5.74) is 3.53. The van der Waals surface area contributed by atoms with Crippen molar-refractivity contribution in [2.75, 3.05) is 5.32 Å². The van der Waals surface area contributed by atoms with Gasteiger partial charge in [0.05, 0.1) is 16.6 Å². The molecule has 0 bridgehead atoms. The molecule has 4 heterocycles. The van der Waals surface area contributed by atoms with Gasteiger partial charge in [0.15, 0.2) is 11.5 Å². The minimum atomic E-state index is -0.203. The highest BCUT2D eigenvalue weighted by Crippen LogP contribution is 2.40. The SMILES string of the molecule is Cc1nn(-c2ccccn2)c2nc(C3CC3)cc(C(=O)Nc3ccc(Oc4ccncc4)cc3)c12. The third-order valence-corrected chi connectivity index (χ3v) is 5.94. The van der Waals surface area contributed by atoms with Gasteiger partial charge in [-0.15, -0.1) is 0 Å². The first-order valence-electron chi connectivity index (χ1n) is 11.5.